The number of hydrogen-bond donors (Lipinski definition) is 0. The van der Waals surface area contributed by atoms with Crippen molar-refractivity contribution in [2.24, 2.45) is 0 Å². The van der Waals surface area contributed by atoms with Crippen LogP contribution in [0.1, 0.15) is 0 Å². The minimum Gasteiger partial charge on any atom is -0.455 e. The number of furan rings is 1. The van der Waals surface area contributed by atoms with Crippen LogP contribution in [-0.2, 0) is 0 Å². The maximum absolute atomic E-state index is 6.58. The van der Waals surface area contributed by atoms with Gasteiger partial charge in [0.1, 0.15) is 11.2 Å². The average Bonchev–Trinajstić information content (AvgIpc) is 3.97. The van der Waals surface area contributed by atoms with Gasteiger partial charge in [-0.15, -0.1) is 0 Å². The molecule has 0 aliphatic heterocycles. The highest BCUT2D eigenvalue weighted by Crippen LogP contribution is 2.42. The van der Waals surface area contributed by atoms with Crippen LogP contribution in [0.25, 0.3) is 115 Å². The molecule has 0 bridgehead atoms. The second-order valence-corrected chi connectivity index (χ2v) is 18.1. The molecule has 322 valence electrons. The predicted molar refractivity (Wildman–Crippen MR) is 292 cm³/mol. The summed E-state index contributed by atoms with van der Waals surface area (Å²) >= 11 is 0. The second kappa shape index (κ2) is 15.7. The fraction of sp³-hybridized carbons (Fsp3) is 0. The Morgan fingerprint density at radius 3 is 1.41 bits per heavy atom. The van der Waals surface area contributed by atoms with Crippen LogP contribution in [0.4, 0.5) is 17.1 Å². The Hall–Kier alpha value is -9.18. The van der Waals surface area contributed by atoms with Gasteiger partial charge >= 0.3 is 0 Å². The van der Waals surface area contributed by atoms with Crippen molar-refractivity contribution in [3.63, 3.8) is 0 Å². The molecule has 0 fully saturated rings. The number of hydrogen-bond acceptors (Lipinski definition) is 2. The molecule has 0 radical (unpaired) electrons. The van der Waals surface area contributed by atoms with Crippen LogP contribution in [0, 0.1) is 0 Å². The van der Waals surface area contributed by atoms with Crippen molar-refractivity contribution in [1.82, 2.24) is 4.57 Å². The van der Waals surface area contributed by atoms with Crippen LogP contribution in [0.5, 0.6) is 0 Å². The van der Waals surface area contributed by atoms with E-state index in [1.54, 1.807) is 0 Å². The van der Waals surface area contributed by atoms with E-state index < -0.39 is 0 Å². The second-order valence-electron chi connectivity index (χ2n) is 18.1. The van der Waals surface area contributed by atoms with Crippen LogP contribution in [0.3, 0.4) is 0 Å². The summed E-state index contributed by atoms with van der Waals surface area (Å²) in [7, 11) is 0. The summed E-state index contributed by atoms with van der Waals surface area (Å²) in [5.41, 5.74) is 15.5. The Kier molecular flexibility index (Phi) is 8.90. The molecule has 0 aliphatic carbocycles. The fourth-order valence-corrected chi connectivity index (χ4v) is 10.8. The number of nitrogens with zero attached hydrogens (tertiary/aromatic N) is 2. The third-order valence-electron chi connectivity index (χ3n) is 14.2. The molecule has 0 amide bonds. The van der Waals surface area contributed by atoms with Gasteiger partial charge in [0, 0.05) is 49.6 Å². The van der Waals surface area contributed by atoms with Crippen molar-refractivity contribution >= 4 is 93.1 Å². The van der Waals surface area contributed by atoms with E-state index in [1.165, 1.54) is 65.4 Å². The molecule has 14 rings (SSSR count). The van der Waals surface area contributed by atoms with E-state index in [1.807, 2.05) is 0 Å². The molecule has 0 saturated carbocycles. The Labute approximate surface area is 399 Å². The number of benzene rings is 12. The first-order valence-electron chi connectivity index (χ1n) is 23.6. The van der Waals surface area contributed by atoms with Gasteiger partial charge in [-0.1, -0.05) is 176 Å². The first-order valence-corrected chi connectivity index (χ1v) is 23.6. The number of anilines is 3. The Bertz CT molecular complexity index is 4240. The summed E-state index contributed by atoms with van der Waals surface area (Å²) < 4.78 is 8.99. The van der Waals surface area contributed by atoms with Gasteiger partial charge in [0.05, 0.1) is 16.7 Å². The maximum atomic E-state index is 6.58. The third-order valence-corrected chi connectivity index (χ3v) is 14.2. The smallest absolute Gasteiger partial charge is 0.143 e. The molecule has 0 unspecified atom stereocenters. The van der Waals surface area contributed by atoms with Crippen LogP contribution in [0.15, 0.2) is 259 Å². The zero-order valence-electron chi connectivity index (χ0n) is 37.6. The van der Waals surface area contributed by atoms with Gasteiger partial charge in [0.2, 0.25) is 0 Å². The van der Waals surface area contributed by atoms with Crippen LogP contribution in [-0.4, -0.2) is 4.57 Å². The van der Waals surface area contributed by atoms with Gasteiger partial charge in [-0.05, 0) is 134 Å². The van der Waals surface area contributed by atoms with Gasteiger partial charge < -0.3 is 13.9 Å². The molecule has 0 spiro atoms. The molecule has 14 aromatic rings. The summed E-state index contributed by atoms with van der Waals surface area (Å²) in [5, 5.41) is 12.2. The molecule has 3 nitrogen and oxygen atoms in total. The van der Waals surface area contributed by atoms with E-state index in [4.69, 9.17) is 4.42 Å². The molecule has 0 atom stereocenters. The Morgan fingerprint density at radius 2 is 0.739 bits per heavy atom. The van der Waals surface area contributed by atoms with E-state index in [0.717, 1.165) is 66.8 Å². The lowest BCUT2D eigenvalue weighted by Crippen LogP contribution is -2.09. The van der Waals surface area contributed by atoms with Crippen molar-refractivity contribution in [1.29, 1.82) is 0 Å². The lowest BCUT2D eigenvalue weighted by Gasteiger charge is -2.26. The molecular weight excluding hydrogens is 837 g/mol. The van der Waals surface area contributed by atoms with E-state index in [-0.39, 0.29) is 0 Å². The lowest BCUT2D eigenvalue weighted by molar-refractivity contribution is 0.673. The van der Waals surface area contributed by atoms with Gasteiger partial charge in [-0.25, -0.2) is 0 Å². The minimum atomic E-state index is 0.893. The Balaban J connectivity index is 0.849. The number of aromatic nitrogens is 1. The molecule has 0 N–H and O–H groups in total. The van der Waals surface area contributed by atoms with E-state index in [0.29, 0.717) is 0 Å². The molecule has 3 heteroatoms. The summed E-state index contributed by atoms with van der Waals surface area (Å²) in [4.78, 5) is 2.36. The Morgan fingerprint density at radius 1 is 0.290 bits per heavy atom. The highest BCUT2D eigenvalue weighted by atomic mass is 16.3. The minimum absolute atomic E-state index is 0.893. The summed E-state index contributed by atoms with van der Waals surface area (Å²) in [6, 6.07) is 92.5. The summed E-state index contributed by atoms with van der Waals surface area (Å²) in [5.74, 6) is 0. The molecular formula is C66H42N2O. The van der Waals surface area contributed by atoms with Crippen LogP contribution in [0.2, 0.25) is 0 Å². The lowest BCUT2D eigenvalue weighted by atomic mass is 9.97. The highest BCUT2D eigenvalue weighted by Gasteiger charge is 2.18. The molecule has 0 saturated heterocycles. The van der Waals surface area contributed by atoms with Crippen molar-refractivity contribution in [2.75, 3.05) is 4.90 Å². The van der Waals surface area contributed by atoms with Crippen LogP contribution < -0.4 is 4.90 Å². The monoisotopic (exact) mass is 878 g/mol. The largest absolute Gasteiger partial charge is 0.455 e. The molecule has 0 aliphatic rings. The summed E-state index contributed by atoms with van der Waals surface area (Å²) in [6.07, 6.45) is 0. The van der Waals surface area contributed by atoms with Crippen molar-refractivity contribution in [2.45, 2.75) is 0 Å². The van der Waals surface area contributed by atoms with E-state index in [9.17, 15) is 0 Å². The van der Waals surface area contributed by atoms with Gasteiger partial charge in [-0.3, -0.25) is 0 Å². The standard InChI is InChI=1S/C66H42N2O/c1-3-13-54-45(11-1)21-22-50-41-48(30-38-55(50)54)43-23-32-51(33-24-43)67(52-34-25-44(26-35-52)49-31-39-60-61-40-29-46-12-2-4-15-57(46)66(61)69-65(60)42-49)53-36-27-47(28-37-53)56-14-5-8-18-62(56)68-63-19-9-6-16-58(63)59-17-7-10-20-64(59)68/h1-42H. The van der Waals surface area contributed by atoms with Gasteiger partial charge in [0.25, 0.3) is 0 Å². The predicted octanol–water partition coefficient (Wildman–Crippen LogP) is 18.6. The molecule has 2 aromatic heterocycles. The van der Waals surface area contributed by atoms with Crippen LogP contribution >= 0.6 is 0 Å². The highest BCUT2D eigenvalue weighted by molar-refractivity contribution is 6.15. The van der Waals surface area contributed by atoms with E-state index in [2.05, 4.69) is 264 Å². The normalized spacial score (nSPS) is 11.8. The number of fused-ring (bicyclic) bond motifs is 11. The zero-order valence-corrected chi connectivity index (χ0v) is 37.6. The number of para-hydroxylation sites is 3. The van der Waals surface area contributed by atoms with Crippen molar-refractivity contribution in [3.8, 4) is 39.1 Å². The van der Waals surface area contributed by atoms with Crippen molar-refractivity contribution in [3.05, 3.63) is 255 Å². The van der Waals surface area contributed by atoms with Crippen molar-refractivity contribution < 1.29 is 4.42 Å². The van der Waals surface area contributed by atoms with Gasteiger partial charge in [0.15, 0.2) is 0 Å². The van der Waals surface area contributed by atoms with Gasteiger partial charge in [-0.2, -0.15) is 0 Å². The average molecular weight is 879 g/mol. The zero-order chi connectivity index (χ0) is 45.4. The SMILES string of the molecule is c1ccc(-n2c3ccccc3c3ccccc32)c(-c2ccc(N(c3ccc(-c4ccc5c(ccc6ccccc65)c4)cc3)c3ccc(-c4ccc5c(c4)oc4c6ccccc6ccc54)cc3)cc2)c1. The van der Waals surface area contributed by atoms with E-state index >= 15 is 0 Å². The number of rotatable bonds is 7. The fourth-order valence-electron chi connectivity index (χ4n) is 10.8. The molecule has 12 aromatic carbocycles. The maximum Gasteiger partial charge on any atom is 0.143 e. The third kappa shape index (κ3) is 6.43. The molecule has 2 heterocycles. The first-order chi connectivity index (χ1) is 34.2. The summed E-state index contributed by atoms with van der Waals surface area (Å²) in [6.45, 7) is 0. The quantitative estimate of drug-likeness (QED) is 0.149. The first kappa shape index (κ1) is 39.0. The topological polar surface area (TPSA) is 21.3 Å². The molecule has 69 heavy (non-hydrogen) atoms.